The van der Waals surface area contributed by atoms with E-state index in [1.807, 2.05) is 0 Å². The molecule has 13 rings (SSSR count). The predicted octanol–water partition coefficient (Wildman–Crippen LogP) is 13.8. The van der Waals surface area contributed by atoms with Gasteiger partial charge in [0.05, 0.1) is 44.1 Å². The van der Waals surface area contributed by atoms with E-state index in [4.69, 9.17) is 9.97 Å². The van der Waals surface area contributed by atoms with Gasteiger partial charge in [0.15, 0.2) is 0 Å². The van der Waals surface area contributed by atoms with Crippen LogP contribution >= 0.6 is 0 Å². The van der Waals surface area contributed by atoms with Crippen LogP contribution in [0.25, 0.3) is 112 Å². The molecule has 0 bridgehead atoms. The van der Waals surface area contributed by atoms with E-state index in [1.54, 1.807) is 0 Å². The average Bonchev–Trinajstić information content (AvgIpc) is 4.08. The van der Waals surface area contributed by atoms with Crippen LogP contribution in [-0.4, -0.2) is 27.9 Å². The summed E-state index contributed by atoms with van der Waals surface area (Å²) in [4.78, 5) is 10.4. The SMILES string of the molecule is c1ccc(-c2ccc(-c3cccc(-n4c5ccc(-c6ccc7c(c6)n6c8ccccc8nc6n7-c6ccc(-c7ccccc7)cc6)cc5n5c6ccccc6nc45)c3)cc2)cc1. The third-order valence-corrected chi connectivity index (χ3v) is 12.4. The highest BCUT2D eigenvalue weighted by atomic mass is 15.2. The summed E-state index contributed by atoms with van der Waals surface area (Å²) in [6, 6.07) is 77.9. The van der Waals surface area contributed by atoms with Crippen molar-refractivity contribution in [3.05, 3.63) is 218 Å². The van der Waals surface area contributed by atoms with Crippen LogP contribution < -0.4 is 0 Å². The first kappa shape index (κ1) is 34.4. The van der Waals surface area contributed by atoms with Crippen molar-refractivity contribution in [3.63, 3.8) is 0 Å². The molecule has 0 amide bonds. The van der Waals surface area contributed by atoms with Crippen LogP contribution in [0.1, 0.15) is 0 Å². The summed E-state index contributed by atoms with van der Waals surface area (Å²) in [5.74, 6) is 1.77. The maximum atomic E-state index is 5.24. The van der Waals surface area contributed by atoms with Gasteiger partial charge < -0.3 is 0 Å². The average molecular weight is 793 g/mol. The molecule has 0 spiro atoms. The van der Waals surface area contributed by atoms with Gasteiger partial charge >= 0.3 is 0 Å². The Kier molecular flexibility index (Phi) is 7.50. The van der Waals surface area contributed by atoms with Gasteiger partial charge in [0.25, 0.3) is 0 Å². The molecular formula is C56H36N6. The zero-order chi connectivity index (χ0) is 40.7. The standard InChI is InChI=1S/C56H36N6/c1-3-12-37(13-4-1)39-22-24-41(25-23-39)42-16-11-17-46(34-42)60-52-33-29-44(36-54(52)62-50-21-10-8-19-48(50)58-56(60)62)43-28-32-51-53(35-43)61-49-20-9-7-18-47(49)57-55(61)59(51)45-30-26-40(27-31-45)38-14-5-2-6-15-38/h1-36H. The summed E-state index contributed by atoms with van der Waals surface area (Å²) < 4.78 is 9.20. The van der Waals surface area contributed by atoms with Crippen molar-refractivity contribution >= 4 is 55.7 Å². The van der Waals surface area contributed by atoms with E-state index in [0.29, 0.717) is 0 Å². The van der Waals surface area contributed by atoms with Crippen molar-refractivity contribution in [2.75, 3.05) is 0 Å². The second-order valence-electron chi connectivity index (χ2n) is 16.0. The molecule has 0 atom stereocenters. The zero-order valence-electron chi connectivity index (χ0n) is 33.5. The molecule has 0 unspecified atom stereocenters. The largest absolute Gasteiger partial charge is 0.278 e. The van der Waals surface area contributed by atoms with E-state index >= 15 is 0 Å². The molecule has 0 N–H and O–H groups in total. The quantitative estimate of drug-likeness (QED) is 0.168. The van der Waals surface area contributed by atoms with Gasteiger partial charge in [0, 0.05) is 11.4 Å². The lowest BCUT2D eigenvalue weighted by molar-refractivity contribution is 1.11. The Morgan fingerprint density at radius 1 is 0.242 bits per heavy atom. The molecule has 290 valence electrons. The first-order valence-corrected chi connectivity index (χ1v) is 21.0. The molecular weight excluding hydrogens is 757 g/mol. The first-order valence-electron chi connectivity index (χ1n) is 21.0. The highest BCUT2D eigenvalue weighted by Crippen LogP contribution is 2.37. The smallest absolute Gasteiger partial charge is 0.220 e. The third kappa shape index (κ3) is 5.30. The lowest BCUT2D eigenvalue weighted by atomic mass is 10.00. The Morgan fingerprint density at radius 3 is 1.16 bits per heavy atom. The summed E-state index contributed by atoms with van der Waals surface area (Å²) in [6.45, 7) is 0. The number of imidazole rings is 4. The molecule has 0 fully saturated rings. The molecule has 0 aliphatic carbocycles. The fraction of sp³-hybridized carbons (Fsp3) is 0. The number of nitrogens with zero attached hydrogens (tertiary/aromatic N) is 6. The van der Waals surface area contributed by atoms with Crippen LogP contribution in [0, 0.1) is 0 Å². The van der Waals surface area contributed by atoms with Gasteiger partial charge in [0.1, 0.15) is 0 Å². The fourth-order valence-electron chi connectivity index (χ4n) is 9.41. The van der Waals surface area contributed by atoms with E-state index in [9.17, 15) is 0 Å². The summed E-state index contributed by atoms with van der Waals surface area (Å²) >= 11 is 0. The van der Waals surface area contributed by atoms with Gasteiger partial charge in [-0.1, -0.05) is 146 Å². The fourth-order valence-corrected chi connectivity index (χ4v) is 9.41. The van der Waals surface area contributed by atoms with Crippen molar-refractivity contribution in [1.29, 1.82) is 0 Å². The highest BCUT2D eigenvalue weighted by Gasteiger charge is 2.21. The van der Waals surface area contributed by atoms with Crippen molar-refractivity contribution in [3.8, 4) is 55.9 Å². The summed E-state index contributed by atoms with van der Waals surface area (Å²) in [7, 11) is 0. The number of para-hydroxylation sites is 4. The minimum absolute atomic E-state index is 0.882. The monoisotopic (exact) mass is 792 g/mol. The van der Waals surface area contributed by atoms with Crippen molar-refractivity contribution in [2.24, 2.45) is 0 Å². The molecule has 13 aromatic rings. The number of hydrogen-bond acceptors (Lipinski definition) is 2. The Morgan fingerprint density at radius 2 is 0.629 bits per heavy atom. The maximum Gasteiger partial charge on any atom is 0.220 e. The van der Waals surface area contributed by atoms with Crippen LogP contribution in [0.4, 0.5) is 0 Å². The van der Waals surface area contributed by atoms with E-state index in [2.05, 4.69) is 236 Å². The predicted molar refractivity (Wildman–Crippen MR) is 254 cm³/mol. The van der Waals surface area contributed by atoms with Crippen molar-refractivity contribution in [2.45, 2.75) is 0 Å². The zero-order valence-corrected chi connectivity index (χ0v) is 33.5. The normalized spacial score (nSPS) is 11.9. The molecule has 6 nitrogen and oxygen atoms in total. The number of rotatable bonds is 6. The Balaban J connectivity index is 0.960. The van der Waals surface area contributed by atoms with Gasteiger partial charge in [-0.05, 0) is 117 Å². The van der Waals surface area contributed by atoms with E-state index < -0.39 is 0 Å². The maximum absolute atomic E-state index is 5.24. The van der Waals surface area contributed by atoms with Gasteiger partial charge in [-0.25, -0.2) is 9.97 Å². The molecule has 0 aliphatic heterocycles. The second-order valence-corrected chi connectivity index (χ2v) is 16.0. The van der Waals surface area contributed by atoms with Gasteiger partial charge in [-0.15, -0.1) is 0 Å². The Bertz CT molecular complexity index is 3830. The molecule has 6 heteroatoms. The minimum atomic E-state index is 0.882. The minimum Gasteiger partial charge on any atom is -0.278 e. The molecule has 0 aliphatic rings. The van der Waals surface area contributed by atoms with Crippen LogP contribution in [0.3, 0.4) is 0 Å². The lowest BCUT2D eigenvalue weighted by Crippen LogP contribution is -1.95. The third-order valence-electron chi connectivity index (χ3n) is 12.4. The van der Waals surface area contributed by atoms with Crippen LogP contribution in [0.5, 0.6) is 0 Å². The van der Waals surface area contributed by atoms with Gasteiger partial charge in [-0.3, -0.25) is 17.9 Å². The topological polar surface area (TPSA) is 44.5 Å². The van der Waals surface area contributed by atoms with Gasteiger partial charge in [0.2, 0.25) is 11.6 Å². The molecule has 4 heterocycles. The van der Waals surface area contributed by atoms with Crippen LogP contribution in [0.15, 0.2) is 218 Å². The summed E-state index contributed by atoms with van der Waals surface area (Å²) in [5, 5.41) is 0. The molecule has 9 aromatic carbocycles. The van der Waals surface area contributed by atoms with E-state index in [1.165, 1.54) is 27.8 Å². The molecule has 4 aromatic heterocycles. The number of fused-ring (bicyclic) bond motifs is 10. The molecule has 62 heavy (non-hydrogen) atoms. The number of aromatic nitrogens is 6. The van der Waals surface area contributed by atoms with Crippen molar-refractivity contribution in [1.82, 2.24) is 27.9 Å². The highest BCUT2D eigenvalue weighted by molar-refractivity contribution is 5.97. The second kappa shape index (κ2) is 13.5. The van der Waals surface area contributed by atoms with Gasteiger partial charge in [-0.2, -0.15) is 0 Å². The molecule has 0 radical (unpaired) electrons. The summed E-state index contributed by atoms with van der Waals surface area (Å²) in [6.07, 6.45) is 0. The van der Waals surface area contributed by atoms with E-state index in [-0.39, 0.29) is 0 Å². The van der Waals surface area contributed by atoms with E-state index in [0.717, 1.165) is 83.8 Å². The molecule has 0 saturated heterocycles. The Labute approximate surface area is 356 Å². The Hall–Kier alpha value is -8.48. The summed E-state index contributed by atoms with van der Waals surface area (Å²) in [5.41, 5.74) is 20.0. The van der Waals surface area contributed by atoms with Crippen molar-refractivity contribution < 1.29 is 0 Å². The first-order chi connectivity index (χ1) is 30.7. The molecule has 0 saturated carbocycles. The number of hydrogen-bond donors (Lipinski definition) is 0. The lowest BCUT2D eigenvalue weighted by Gasteiger charge is -2.10. The van der Waals surface area contributed by atoms with Crippen LogP contribution in [0.2, 0.25) is 0 Å². The number of benzene rings is 9. The van der Waals surface area contributed by atoms with Crippen LogP contribution in [-0.2, 0) is 0 Å².